The van der Waals surface area contributed by atoms with E-state index in [4.69, 9.17) is 11.6 Å². The molecule has 0 spiro atoms. The molecule has 98 valence electrons. The standard InChI is InChI=1S/C13H23ClN2O/c1-9(2)6-7-13(5,17)12-11(14)8-15-16(12)10(3)4/h8-10,17H,6-7H2,1-5H3. The van der Waals surface area contributed by atoms with Crippen molar-refractivity contribution in [2.75, 3.05) is 0 Å². The van der Waals surface area contributed by atoms with Gasteiger partial charge >= 0.3 is 0 Å². The average Bonchev–Trinajstić information content (AvgIpc) is 2.58. The van der Waals surface area contributed by atoms with Gasteiger partial charge in [0.05, 0.1) is 16.9 Å². The molecule has 1 heterocycles. The fraction of sp³-hybridized carbons (Fsp3) is 0.769. The molecule has 0 aliphatic carbocycles. The van der Waals surface area contributed by atoms with Crippen molar-refractivity contribution in [3.63, 3.8) is 0 Å². The number of rotatable bonds is 5. The summed E-state index contributed by atoms with van der Waals surface area (Å²) < 4.78 is 1.81. The molecule has 1 rings (SSSR count). The van der Waals surface area contributed by atoms with Crippen molar-refractivity contribution < 1.29 is 5.11 Å². The highest BCUT2D eigenvalue weighted by Crippen LogP contribution is 2.34. The van der Waals surface area contributed by atoms with E-state index in [9.17, 15) is 5.11 Å². The molecule has 0 saturated carbocycles. The van der Waals surface area contributed by atoms with Crippen LogP contribution in [0, 0.1) is 5.92 Å². The Hall–Kier alpha value is -0.540. The van der Waals surface area contributed by atoms with Crippen molar-refractivity contribution in [2.24, 2.45) is 5.92 Å². The first kappa shape index (κ1) is 14.5. The molecule has 0 amide bonds. The minimum absolute atomic E-state index is 0.197. The fourth-order valence-corrected chi connectivity index (χ4v) is 2.26. The summed E-state index contributed by atoms with van der Waals surface area (Å²) in [5.41, 5.74) is -0.183. The molecule has 0 aromatic carbocycles. The second-order valence-corrected chi connectivity index (χ2v) is 5.99. The van der Waals surface area contributed by atoms with E-state index < -0.39 is 5.60 Å². The molecular weight excluding hydrogens is 236 g/mol. The van der Waals surface area contributed by atoms with Gasteiger partial charge in [-0.1, -0.05) is 25.4 Å². The summed E-state index contributed by atoms with van der Waals surface area (Å²) in [6, 6.07) is 0.197. The first-order valence-electron chi connectivity index (χ1n) is 6.21. The molecule has 0 radical (unpaired) electrons. The quantitative estimate of drug-likeness (QED) is 0.873. The van der Waals surface area contributed by atoms with Crippen LogP contribution >= 0.6 is 11.6 Å². The van der Waals surface area contributed by atoms with Gasteiger partial charge in [0.15, 0.2) is 0 Å². The van der Waals surface area contributed by atoms with Gasteiger partial charge in [0.25, 0.3) is 0 Å². The summed E-state index contributed by atoms with van der Waals surface area (Å²) in [5, 5.41) is 15.4. The van der Waals surface area contributed by atoms with Gasteiger partial charge in [-0.3, -0.25) is 4.68 Å². The molecule has 1 atom stereocenters. The molecule has 1 aromatic rings. The zero-order chi connectivity index (χ0) is 13.2. The Balaban J connectivity index is 3.00. The lowest BCUT2D eigenvalue weighted by Gasteiger charge is -2.27. The Kier molecular flexibility index (Phi) is 4.62. The Bertz CT molecular complexity index is 369. The molecule has 0 bridgehead atoms. The molecule has 17 heavy (non-hydrogen) atoms. The van der Waals surface area contributed by atoms with Gasteiger partial charge in [0.1, 0.15) is 5.60 Å². The fourth-order valence-electron chi connectivity index (χ4n) is 1.92. The molecule has 3 nitrogen and oxygen atoms in total. The Morgan fingerprint density at radius 3 is 2.47 bits per heavy atom. The van der Waals surface area contributed by atoms with Crippen LogP contribution in [0.1, 0.15) is 59.2 Å². The molecule has 0 aliphatic rings. The normalized spacial score (nSPS) is 15.6. The number of halogens is 1. The van der Waals surface area contributed by atoms with Crippen molar-refractivity contribution in [1.29, 1.82) is 0 Å². The van der Waals surface area contributed by atoms with Crippen LogP contribution in [0.4, 0.5) is 0 Å². The number of hydrogen-bond acceptors (Lipinski definition) is 2. The van der Waals surface area contributed by atoms with E-state index >= 15 is 0 Å². The van der Waals surface area contributed by atoms with Crippen molar-refractivity contribution in [3.05, 3.63) is 16.9 Å². The number of hydrogen-bond donors (Lipinski definition) is 1. The molecule has 1 aromatic heterocycles. The average molecular weight is 259 g/mol. The summed E-state index contributed by atoms with van der Waals surface area (Å²) in [6.07, 6.45) is 3.27. The lowest BCUT2D eigenvalue weighted by Crippen LogP contribution is -2.27. The molecule has 1 unspecified atom stereocenters. The smallest absolute Gasteiger partial charge is 0.105 e. The zero-order valence-corrected chi connectivity index (χ0v) is 12.1. The van der Waals surface area contributed by atoms with Crippen molar-refractivity contribution in [3.8, 4) is 0 Å². The topological polar surface area (TPSA) is 38.1 Å². The summed E-state index contributed by atoms with van der Waals surface area (Å²) in [7, 11) is 0. The summed E-state index contributed by atoms with van der Waals surface area (Å²) in [5.74, 6) is 0.565. The SMILES string of the molecule is CC(C)CCC(C)(O)c1c(Cl)cnn1C(C)C. The van der Waals surface area contributed by atoms with E-state index in [0.29, 0.717) is 17.4 Å². The van der Waals surface area contributed by atoms with Crippen LogP contribution in [0.25, 0.3) is 0 Å². The Morgan fingerprint density at radius 1 is 1.41 bits per heavy atom. The van der Waals surface area contributed by atoms with Crippen molar-refractivity contribution in [1.82, 2.24) is 9.78 Å². The van der Waals surface area contributed by atoms with Crippen molar-refractivity contribution in [2.45, 2.75) is 59.1 Å². The van der Waals surface area contributed by atoms with E-state index in [1.54, 1.807) is 6.20 Å². The zero-order valence-electron chi connectivity index (χ0n) is 11.4. The van der Waals surface area contributed by atoms with Crippen LogP contribution in [0.2, 0.25) is 5.02 Å². The van der Waals surface area contributed by atoms with Gasteiger partial charge in [-0.2, -0.15) is 5.10 Å². The Labute approximate surface area is 109 Å². The van der Waals surface area contributed by atoms with Crippen LogP contribution in [0.15, 0.2) is 6.20 Å². The van der Waals surface area contributed by atoms with Gasteiger partial charge in [0, 0.05) is 6.04 Å². The van der Waals surface area contributed by atoms with E-state index in [1.165, 1.54) is 0 Å². The minimum Gasteiger partial charge on any atom is -0.384 e. The first-order valence-corrected chi connectivity index (χ1v) is 6.59. The van der Waals surface area contributed by atoms with E-state index in [1.807, 2.05) is 25.5 Å². The lowest BCUT2D eigenvalue weighted by molar-refractivity contribution is 0.0318. The van der Waals surface area contributed by atoms with Crippen LogP contribution in [0.5, 0.6) is 0 Å². The highest BCUT2D eigenvalue weighted by Gasteiger charge is 2.30. The highest BCUT2D eigenvalue weighted by molar-refractivity contribution is 6.31. The minimum atomic E-state index is -0.915. The number of aromatic nitrogens is 2. The number of nitrogens with zero attached hydrogens (tertiary/aromatic N) is 2. The molecule has 0 fully saturated rings. The first-order chi connectivity index (χ1) is 7.75. The van der Waals surface area contributed by atoms with Gasteiger partial charge < -0.3 is 5.11 Å². The van der Waals surface area contributed by atoms with Gasteiger partial charge in [-0.05, 0) is 39.5 Å². The second-order valence-electron chi connectivity index (χ2n) is 5.59. The maximum Gasteiger partial charge on any atom is 0.105 e. The third-order valence-electron chi connectivity index (χ3n) is 2.96. The molecule has 1 N–H and O–H groups in total. The Morgan fingerprint density at radius 2 is 2.00 bits per heavy atom. The van der Waals surface area contributed by atoms with Crippen LogP contribution < -0.4 is 0 Å². The third kappa shape index (κ3) is 3.46. The molecular formula is C13H23ClN2O. The van der Waals surface area contributed by atoms with Gasteiger partial charge in [0.2, 0.25) is 0 Å². The van der Waals surface area contributed by atoms with E-state index in [0.717, 1.165) is 12.1 Å². The van der Waals surface area contributed by atoms with Gasteiger partial charge in [-0.25, -0.2) is 0 Å². The predicted octanol–water partition coefficient (Wildman–Crippen LogP) is 3.76. The molecule has 0 aliphatic heterocycles. The maximum absolute atomic E-state index is 10.6. The second kappa shape index (κ2) is 5.40. The van der Waals surface area contributed by atoms with Crippen LogP contribution in [-0.4, -0.2) is 14.9 Å². The predicted molar refractivity (Wildman–Crippen MR) is 71.3 cm³/mol. The monoisotopic (exact) mass is 258 g/mol. The highest BCUT2D eigenvalue weighted by atomic mass is 35.5. The molecule has 4 heteroatoms. The van der Waals surface area contributed by atoms with Crippen molar-refractivity contribution >= 4 is 11.6 Å². The largest absolute Gasteiger partial charge is 0.384 e. The van der Waals surface area contributed by atoms with E-state index in [2.05, 4.69) is 18.9 Å². The third-order valence-corrected chi connectivity index (χ3v) is 3.24. The van der Waals surface area contributed by atoms with E-state index in [-0.39, 0.29) is 6.04 Å². The maximum atomic E-state index is 10.6. The summed E-state index contributed by atoms with van der Waals surface area (Å²) in [4.78, 5) is 0. The van der Waals surface area contributed by atoms with Crippen LogP contribution in [0.3, 0.4) is 0 Å². The van der Waals surface area contributed by atoms with Crippen LogP contribution in [-0.2, 0) is 5.60 Å². The number of aliphatic hydroxyl groups is 1. The summed E-state index contributed by atoms with van der Waals surface area (Å²) >= 11 is 6.15. The van der Waals surface area contributed by atoms with Gasteiger partial charge in [-0.15, -0.1) is 0 Å². The summed E-state index contributed by atoms with van der Waals surface area (Å²) in [6.45, 7) is 10.2. The lowest BCUT2D eigenvalue weighted by atomic mass is 9.92. The molecule has 0 saturated heterocycles.